The third kappa shape index (κ3) is 4.33. The van der Waals surface area contributed by atoms with Gasteiger partial charge in [0, 0.05) is 5.56 Å². The second-order valence-electron chi connectivity index (χ2n) is 7.87. The minimum Gasteiger partial charge on any atom is -0.399 e. The minimum absolute atomic E-state index is 0.0804. The Hall–Kier alpha value is -2.96. The Balaban J connectivity index is 1.72. The minimum atomic E-state index is -5.25. The second kappa shape index (κ2) is 8.52. The molecule has 168 valence electrons. The van der Waals surface area contributed by atoms with Gasteiger partial charge in [-0.05, 0) is 71.2 Å². The van der Waals surface area contributed by atoms with Gasteiger partial charge in [-0.3, -0.25) is 0 Å². The standard InChI is InChI=1S/C25H20F6O/c1-2-3-4-14-5-7-17-15(11-14)6-8-20-19(17)10-9-18(23(20)28)16-12-21(26)24(22(27)13-16)32-25(29,30)31/h5,7,9-13H,2-4,6,8H2,1H3. The molecule has 0 atom stereocenters. The van der Waals surface area contributed by atoms with Gasteiger partial charge in [-0.25, -0.2) is 13.2 Å². The largest absolute Gasteiger partial charge is 0.573 e. The van der Waals surface area contributed by atoms with Crippen LogP contribution in [0.3, 0.4) is 0 Å². The maximum atomic E-state index is 15.4. The predicted molar refractivity (Wildman–Crippen MR) is 110 cm³/mol. The van der Waals surface area contributed by atoms with Gasteiger partial charge >= 0.3 is 6.36 Å². The Morgan fingerprint density at radius 3 is 2.16 bits per heavy atom. The molecule has 1 nitrogen and oxygen atoms in total. The number of halogens is 6. The number of alkyl halides is 3. The van der Waals surface area contributed by atoms with Crippen LogP contribution in [0.25, 0.3) is 22.3 Å². The molecule has 3 aromatic rings. The van der Waals surface area contributed by atoms with E-state index in [4.69, 9.17) is 0 Å². The van der Waals surface area contributed by atoms with Gasteiger partial charge in [0.2, 0.25) is 5.75 Å². The summed E-state index contributed by atoms with van der Waals surface area (Å²) in [6.07, 6.45) is -1.03. The lowest BCUT2D eigenvalue weighted by Gasteiger charge is -2.23. The lowest BCUT2D eigenvalue weighted by atomic mass is 9.82. The number of benzene rings is 3. The molecule has 32 heavy (non-hydrogen) atoms. The van der Waals surface area contributed by atoms with Crippen LogP contribution in [0.5, 0.6) is 5.75 Å². The fourth-order valence-electron chi connectivity index (χ4n) is 4.18. The Labute approximate surface area is 181 Å². The predicted octanol–water partition coefficient (Wildman–Crippen LogP) is 7.78. The van der Waals surface area contributed by atoms with Crippen LogP contribution in [-0.2, 0) is 19.3 Å². The molecular weight excluding hydrogens is 430 g/mol. The van der Waals surface area contributed by atoms with E-state index in [1.807, 2.05) is 12.1 Å². The van der Waals surface area contributed by atoms with Gasteiger partial charge in [-0.2, -0.15) is 0 Å². The first-order chi connectivity index (χ1) is 15.2. The van der Waals surface area contributed by atoms with Crippen molar-refractivity contribution in [2.24, 2.45) is 0 Å². The molecule has 0 aromatic heterocycles. The van der Waals surface area contributed by atoms with E-state index in [2.05, 4.69) is 17.7 Å². The number of rotatable bonds is 5. The normalized spacial score (nSPS) is 13.0. The Morgan fingerprint density at radius 1 is 0.844 bits per heavy atom. The first-order valence-electron chi connectivity index (χ1n) is 10.4. The molecule has 0 saturated heterocycles. The summed E-state index contributed by atoms with van der Waals surface area (Å²) in [7, 11) is 0. The smallest absolute Gasteiger partial charge is 0.399 e. The highest BCUT2D eigenvalue weighted by Gasteiger charge is 2.34. The monoisotopic (exact) mass is 450 g/mol. The Kier molecular flexibility index (Phi) is 5.93. The highest BCUT2D eigenvalue weighted by atomic mass is 19.4. The summed E-state index contributed by atoms with van der Waals surface area (Å²) in [6, 6.07) is 10.5. The average Bonchev–Trinajstić information content (AvgIpc) is 2.74. The van der Waals surface area contributed by atoms with Crippen molar-refractivity contribution in [3.8, 4) is 28.0 Å². The summed E-state index contributed by atoms with van der Waals surface area (Å²) in [6.45, 7) is 2.13. The molecule has 1 aliphatic carbocycles. The van der Waals surface area contributed by atoms with Crippen LogP contribution in [-0.4, -0.2) is 6.36 Å². The first-order valence-corrected chi connectivity index (χ1v) is 10.4. The van der Waals surface area contributed by atoms with Crippen LogP contribution in [0.15, 0.2) is 42.5 Å². The highest BCUT2D eigenvalue weighted by molar-refractivity contribution is 5.78. The van der Waals surface area contributed by atoms with Gasteiger partial charge in [0.15, 0.2) is 11.6 Å². The molecule has 0 saturated carbocycles. The third-order valence-electron chi connectivity index (χ3n) is 5.69. The average molecular weight is 450 g/mol. The molecule has 0 aliphatic heterocycles. The Morgan fingerprint density at radius 2 is 1.50 bits per heavy atom. The number of unbranched alkanes of at least 4 members (excludes halogenated alkanes) is 1. The maximum Gasteiger partial charge on any atom is 0.573 e. The third-order valence-corrected chi connectivity index (χ3v) is 5.69. The van der Waals surface area contributed by atoms with Crippen molar-refractivity contribution in [1.82, 2.24) is 0 Å². The lowest BCUT2D eigenvalue weighted by molar-refractivity contribution is -0.276. The summed E-state index contributed by atoms with van der Waals surface area (Å²) in [5.41, 5.74) is 4.14. The number of ether oxygens (including phenoxy) is 1. The maximum absolute atomic E-state index is 15.4. The van der Waals surface area contributed by atoms with Crippen LogP contribution in [0.2, 0.25) is 0 Å². The molecular formula is C25H20F6O. The van der Waals surface area contributed by atoms with Gasteiger partial charge in [-0.1, -0.05) is 43.7 Å². The molecule has 0 spiro atoms. The topological polar surface area (TPSA) is 9.23 Å². The molecule has 0 heterocycles. The highest BCUT2D eigenvalue weighted by Crippen LogP contribution is 2.40. The van der Waals surface area contributed by atoms with Crippen molar-refractivity contribution in [3.63, 3.8) is 0 Å². The molecule has 3 aromatic carbocycles. The van der Waals surface area contributed by atoms with Gasteiger partial charge in [-0.15, -0.1) is 13.2 Å². The molecule has 0 N–H and O–H groups in total. The van der Waals surface area contributed by atoms with Crippen LogP contribution in [0.4, 0.5) is 26.3 Å². The van der Waals surface area contributed by atoms with Crippen molar-refractivity contribution in [2.45, 2.75) is 45.4 Å². The van der Waals surface area contributed by atoms with Crippen molar-refractivity contribution in [2.75, 3.05) is 0 Å². The number of hydrogen-bond donors (Lipinski definition) is 0. The van der Waals surface area contributed by atoms with E-state index >= 15 is 4.39 Å². The fraction of sp³-hybridized carbons (Fsp3) is 0.280. The zero-order chi connectivity index (χ0) is 23.0. The van der Waals surface area contributed by atoms with E-state index in [-0.39, 0.29) is 11.1 Å². The molecule has 0 bridgehead atoms. The summed E-state index contributed by atoms with van der Waals surface area (Å²) >= 11 is 0. The van der Waals surface area contributed by atoms with Crippen molar-refractivity contribution < 1.29 is 31.1 Å². The van der Waals surface area contributed by atoms with E-state index in [1.165, 1.54) is 11.6 Å². The molecule has 7 heteroatoms. The van der Waals surface area contributed by atoms with Crippen LogP contribution in [0.1, 0.15) is 36.5 Å². The van der Waals surface area contributed by atoms with E-state index in [1.54, 1.807) is 6.07 Å². The molecule has 0 fully saturated rings. The van der Waals surface area contributed by atoms with Crippen LogP contribution >= 0.6 is 0 Å². The van der Waals surface area contributed by atoms with E-state index < -0.39 is 29.6 Å². The first kappa shape index (κ1) is 22.2. The number of aryl methyl sites for hydroxylation is 2. The van der Waals surface area contributed by atoms with Gasteiger partial charge in [0.25, 0.3) is 0 Å². The number of fused-ring (bicyclic) bond motifs is 3. The van der Waals surface area contributed by atoms with E-state index in [9.17, 15) is 22.0 Å². The zero-order valence-electron chi connectivity index (χ0n) is 17.3. The second-order valence-corrected chi connectivity index (χ2v) is 7.87. The quantitative estimate of drug-likeness (QED) is 0.361. The summed E-state index contributed by atoms with van der Waals surface area (Å²) < 4.78 is 84.1. The Bertz CT molecular complexity index is 1140. The molecule has 1 aliphatic rings. The molecule has 0 radical (unpaired) electrons. The summed E-state index contributed by atoms with van der Waals surface area (Å²) in [5, 5.41) is 0. The van der Waals surface area contributed by atoms with Crippen molar-refractivity contribution in [1.29, 1.82) is 0 Å². The molecule has 0 unspecified atom stereocenters. The van der Waals surface area contributed by atoms with Gasteiger partial charge < -0.3 is 4.74 Å². The van der Waals surface area contributed by atoms with Gasteiger partial charge in [0.1, 0.15) is 5.82 Å². The van der Waals surface area contributed by atoms with E-state index in [0.717, 1.165) is 30.4 Å². The van der Waals surface area contributed by atoms with Crippen molar-refractivity contribution >= 4 is 0 Å². The SMILES string of the molecule is CCCCc1ccc2c(c1)CCc1c-2ccc(-c2cc(F)c(OC(F)(F)F)c(F)c2)c1F. The fourth-order valence-corrected chi connectivity index (χ4v) is 4.18. The van der Waals surface area contributed by atoms with Gasteiger partial charge in [0.05, 0.1) is 0 Å². The van der Waals surface area contributed by atoms with E-state index in [0.29, 0.717) is 36.1 Å². The summed E-state index contributed by atoms with van der Waals surface area (Å²) in [5.74, 6) is -5.31. The van der Waals surface area contributed by atoms with Crippen LogP contribution < -0.4 is 4.74 Å². The zero-order valence-corrected chi connectivity index (χ0v) is 17.3. The number of hydrogen-bond acceptors (Lipinski definition) is 1. The van der Waals surface area contributed by atoms with Crippen LogP contribution in [0, 0.1) is 17.5 Å². The van der Waals surface area contributed by atoms with Crippen molar-refractivity contribution in [3.05, 3.63) is 76.6 Å². The molecule has 4 rings (SSSR count). The summed E-state index contributed by atoms with van der Waals surface area (Å²) in [4.78, 5) is 0. The molecule has 0 amide bonds. The lowest BCUT2D eigenvalue weighted by Crippen LogP contribution is -2.19.